The first-order chi connectivity index (χ1) is 10.4. The SMILES string of the molecule is CC1(c2ccc(O)cc2)CCCC(C)(c2ccc(O)cc2)C1. The molecule has 0 aromatic heterocycles. The lowest BCUT2D eigenvalue weighted by atomic mass is 9.59. The summed E-state index contributed by atoms with van der Waals surface area (Å²) in [7, 11) is 0. The van der Waals surface area contributed by atoms with Gasteiger partial charge in [-0.15, -0.1) is 0 Å². The zero-order chi connectivity index (χ0) is 15.8. The van der Waals surface area contributed by atoms with E-state index >= 15 is 0 Å². The summed E-state index contributed by atoms with van der Waals surface area (Å²) in [6.45, 7) is 4.66. The van der Waals surface area contributed by atoms with Crippen molar-refractivity contribution in [3.63, 3.8) is 0 Å². The highest BCUT2D eigenvalue weighted by atomic mass is 16.3. The summed E-state index contributed by atoms with van der Waals surface area (Å²) in [6.07, 6.45) is 4.61. The molecule has 0 aliphatic heterocycles. The normalized spacial score (nSPS) is 28.5. The van der Waals surface area contributed by atoms with Gasteiger partial charge >= 0.3 is 0 Å². The second-order valence-corrected chi connectivity index (χ2v) is 7.25. The number of aromatic hydroxyl groups is 2. The Morgan fingerprint density at radius 1 is 0.682 bits per heavy atom. The van der Waals surface area contributed by atoms with Crippen molar-refractivity contribution >= 4 is 0 Å². The first-order valence-corrected chi connectivity index (χ1v) is 8.00. The lowest BCUT2D eigenvalue weighted by Gasteiger charge is -2.45. The molecule has 0 spiro atoms. The Labute approximate surface area is 132 Å². The van der Waals surface area contributed by atoms with Crippen LogP contribution in [0.4, 0.5) is 0 Å². The minimum absolute atomic E-state index is 0.124. The van der Waals surface area contributed by atoms with Crippen LogP contribution in [0.3, 0.4) is 0 Å². The molecular formula is C20H24O2. The minimum Gasteiger partial charge on any atom is -0.508 e. The van der Waals surface area contributed by atoms with Crippen LogP contribution in [0.2, 0.25) is 0 Å². The van der Waals surface area contributed by atoms with Crippen molar-refractivity contribution in [1.82, 2.24) is 0 Å². The number of benzene rings is 2. The summed E-state index contributed by atoms with van der Waals surface area (Å²) >= 11 is 0. The smallest absolute Gasteiger partial charge is 0.115 e. The van der Waals surface area contributed by atoms with Crippen LogP contribution in [0.15, 0.2) is 48.5 Å². The van der Waals surface area contributed by atoms with Crippen molar-refractivity contribution in [1.29, 1.82) is 0 Å². The highest BCUT2D eigenvalue weighted by Crippen LogP contribution is 2.49. The lowest BCUT2D eigenvalue weighted by molar-refractivity contribution is 0.212. The van der Waals surface area contributed by atoms with Crippen LogP contribution >= 0.6 is 0 Å². The molecule has 3 rings (SSSR count). The molecule has 2 heteroatoms. The quantitative estimate of drug-likeness (QED) is 0.828. The van der Waals surface area contributed by atoms with Gasteiger partial charge in [-0.25, -0.2) is 0 Å². The van der Waals surface area contributed by atoms with Crippen molar-refractivity contribution in [2.45, 2.75) is 50.4 Å². The maximum atomic E-state index is 9.52. The van der Waals surface area contributed by atoms with Crippen molar-refractivity contribution in [2.24, 2.45) is 0 Å². The van der Waals surface area contributed by atoms with Crippen LogP contribution in [0, 0.1) is 0 Å². The van der Waals surface area contributed by atoms with Crippen LogP contribution in [-0.2, 0) is 10.8 Å². The summed E-state index contributed by atoms with van der Waals surface area (Å²) in [5.41, 5.74) is 2.85. The van der Waals surface area contributed by atoms with Gasteiger partial charge in [-0.05, 0) is 65.5 Å². The molecule has 2 aromatic carbocycles. The second kappa shape index (κ2) is 5.35. The molecule has 0 bridgehead atoms. The molecule has 1 fully saturated rings. The Kier molecular flexibility index (Phi) is 3.64. The number of phenolic OH excluding ortho intramolecular Hbond substituents is 2. The van der Waals surface area contributed by atoms with E-state index in [-0.39, 0.29) is 10.8 Å². The molecule has 0 heterocycles. The summed E-state index contributed by atoms with van der Waals surface area (Å²) < 4.78 is 0. The van der Waals surface area contributed by atoms with Crippen molar-refractivity contribution < 1.29 is 10.2 Å². The summed E-state index contributed by atoms with van der Waals surface area (Å²) in [5, 5.41) is 19.0. The monoisotopic (exact) mass is 296 g/mol. The molecular weight excluding hydrogens is 272 g/mol. The summed E-state index contributed by atoms with van der Waals surface area (Å²) in [6, 6.07) is 15.4. The second-order valence-electron chi connectivity index (χ2n) is 7.25. The first kappa shape index (κ1) is 15.0. The van der Waals surface area contributed by atoms with Gasteiger partial charge in [0.25, 0.3) is 0 Å². The summed E-state index contributed by atoms with van der Waals surface area (Å²) in [5.74, 6) is 0.647. The maximum absolute atomic E-state index is 9.52. The fourth-order valence-electron chi connectivity index (χ4n) is 4.13. The van der Waals surface area contributed by atoms with Gasteiger partial charge in [-0.2, -0.15) is 0 Å². The van der Waals surface area contributed by atoms with Crippen molar-refractivity contribution in [3.05, 3.63) is 59.7 Å². The van der Waals surface area contributed by atoms with Gasteiger partial charge in [-0.1, -0.05) is 44.5 Å². The Bertz CT molecular complexity index is 587. The van der Waals surface area contributed by atoms with Gasteiger partial charge in [-0.3, -0.25) is 0 Å². The van der Waals surface area contributed by atoms with Crippen molar-refractivity contribution in [2.75, 3.05) is 0 Å². The molecule has 2 N–H and O–H groups in total. The van der Waals surface area contributed by atoms with E-state index in [1.807, 2.05) is 0 Å². The zero-order valence-electron chi connectivity index (χ0n) is 13.3. The largest absolute Gasteiger partial charge is 0.508 e. The molecule has 1 aliphatic rings. The molecule has 116 valence electrons. The van der Waals surface area contributed by atoms with Gasteiger partial charge in [0.15, 0.2) is 0 Å². The van der Waals surface area contributed by atoms with Gasteiger partial charge in [0.05, 0.1) is 0 Å². The van der Waals surface area contributed by atoms with Crippen LogP contribution < -0.4 is 0 Å². The lowest BCUT2D eigenvalue weighted by Crippen LogP contribution is -2.38. The van der Waals surface area contributed by atoms with Gasteiger partial charge < -0.3 is 10.2 Å². The predicted molar refractivity (Wildman–Crippen MR) is 89.4 cm³/mol. The Morgan fingerprint density at radius 2 is 1.05 bits per heavy atom. The fraction of sp³-hybridized carbons (Fsp3) is 0.400. The average molecular weight is 296 g/mol. The van der Waals surface area contributed by atoms with E-state index in [1.54, 1.807) is 24.3 Å². The maximum Gasteiger partial charge on any atom is 0.115 e. The number of hydrogen-bond acceptors (Lipinski definition) is 2. The first-order valence-electron chi connectivity index (χ1n) is 8.00. The van der Waals surface area contributed by atoms with Gasteiger partial charge in [0, 0.05) is 0 Å². The van der Waals surface area contributed by atoms with Crippen LogP contribution in [0.25, 0.3) is 0 Å². The highest BCUT2D eigenvalue weighted by Gasteiger charge is 2.41. The molecule has 0 saturated heterocycles. The molecule has 2 aromatic rings. The molecule has 0 amide bonds. The average Bonchev–Trinajstić information content (AvgIpc) is 2.48. The van der Waals surface area contributed by atoms with E-state index < -0.39 is 0 Å². The minimum atomic E-state index is 0.124. The number of rotatable bonds is 2. The van der Waals surface area contributed by atoms with Crippen LogP contribution in [-0.4, -0.2) is 10.2 Å². The van der Waals surface area contributed by atoms with Gasteiger partial charge in [0.1, 0.15) is 11.5 Å². The third-order valence-electron chi connectivity index (χ3n) is 5.37. The standard InChI is InChI=1S/C20H24O2/c1-19(15-4-8-17(21)9-5-15)12-3-13-20(2,14-19)16-6-10-18(22)11-7-16/h4-11,21-22H,3,12-14H2,1-2H3. The number of hydrogen-bond donors (Lipinski definition) is 2. The van der Waals surface area contributed by atoms with E-state index in [4.69, 9.17) is 0 Å². The van der Waals surface area contributed by atoms with E-state index in [2.05, 4.69) is 38.1 Å². The van der Waals surface area contributed by atoms with Crippen LogP contribution in [0.5, 0.6) is 11.5 Å². The molecule has 1 aliphatic carbocycles. The molecule has 2 nitrogen and oxygen atoms in total. The van der Waals surface area contributed by atoms with E-state index in [9.17, 15) is 10.2 Å². The van der Waals surface area contributed by atoms with E-state index in [0.717, 1.165) is 6.42 Å². The van der Waals surface area contributed by atoms with Gasteiger partial charge in [0.2, 0.25) is 0 Å². The predicted octanol–water partition coefficient (Wildman–Crippen LogP) is 4.89. The summed E-state index contributed by atoms with van der Waals surface area (Å²) in [4.78, 5) is 0. The third kappa shape index (κ3) is 2.70. The molecule has 0 radical (unpaired) electrons. The number of phenols is 2. The van der Waals surface area contributed by atoms with Crippen LogP contribution in [0.1, 0.15) is 50.7 Å². The Hall–Kier alpha value is -1.96. The fourth-order valence-corrected chi connectivity index (χ4v) is 4.13. The highest BCUT2D eigenvalue weighted by molar-refractivity contribution is 5.36. The Balaban J connectivity index is 1.92. The molecule has 2 atom stereocenters. The molecule has 22 heavy (non-hydrogen) atoms. The van der Waals surface area contributed by atoms with E-state index in [0.29, 0.717) is 11.5 Å². The topological polar surface area (TPSA) is 40.5 Å². The van der Waals surface area contributed by atoms with E-state index in [1.165, 1.54) is 30.4 Å². The van der Waals surface area contributed by atoms with Crippen molar-refractivity contribution in [3.8, 4) is 11.5 Å². The third-order valence-corrected chi connectivity index (χ3v) is 5.37. The molecule has 1 saturated carbocycles. The molecule has 2 unspecified atom stereocenters. The Morgan fingerprint density at radius 3 is 1.41 bits per heavy atom. The zero-order valence-corrected chi connectivity index (χ0v) is 13.3.